The minimum Gasteiger partial charge on any atom is -0.461 e. The molecule has 1 aromatic carbocycles. The SMILES string of the molecule is C=C(C)[C@]12C[C@@H](C)[C@@]34O[C@@](Cc5ccccc5)(O[C@@H]1[C@@H]3C=C(COC(C)=O)C[C@]1(O)C(=O)C(C)=C[C@@H]41)O2. The maximum Gasteiger partial charge on any atom is 0.302 e. The van der Waals surface area contributed by atoms with Crippen molar-refractivity contribution >= 4 is 11.8 Å². The summed E-state index contributed by atoms with van der Waals surface area (Å²) >= 11 is 0. The molecule has 0 amide bonds. The highest BCUT2D eigenvalue weighted by Gasteiger charge is 2.79. The number of ketones is 1. The highest BCUT2D eigenvalue weighted by molar-refractivity contribution is 6.04. The van der Waals surface area contributed by atoms with Crippen molar-refractivity contribution in [2.45, 2.75) is 75.8 Å². The maximum absolute atomic E-state index is 13.5. The molecule has 1 aromatic rings. The standard InChI is InChI=1S/C30H34O7/c1-17(2)28-13-19(4)30-23(26(28)35-29(36-28,37-30)15-21-9-7-6-8-10-21)12-22(16-34-20(5)31)14-27(33)24(30)11-18(3)25(27)32/h6-12,19,23-24,26,33H,1,13-16H2,2-5H3/t19-,23+,24-,26-,27-,28-,29+,30-/m1/s1. The fraction of sp³-hybridized carbons (Fsp3) is 0.533. The van der Waals surface area contributed by atoms with Crippen molar-refractivity contribution in [2.75, 3.05) is 6.61 Å². The minimum absolute atomic E-state index is 0.0134. The van der Waals surface area contributed by atoms with Crippen LogP contribution in [0.15, 0.2) is 65.8 Å². The highest BCUT2D eigenvalue weighted by Crippen LogP contribution is 2.68. The van der Waals surface area contributed by atoms with E-state index >= 15 is 0 Å². The van der Waals surface area contributed by atoms with Crippen LogP contribution in [0.3, 0.4) is 0 Å². The van der Waals surface area contributed by atoms with E-state index < -0.39 is 40.8 Å². The van der Waals surface area contributed by atoms with E-state index in [4.69, 9.17) is 18.9 Å². The summed E-state index contributed by atoms with van der Waals surface area (Å²) in [7, 11) is 0. The van der Waals surface area contributed by atoms with Crippen LogP contribution in [0.25, 0.3) is 0 Å². The predicted octanol–water partition coefficient (Wildman–Crippen LogP) is 3.81. The van der Waals surface area contributed by atoms with Gasteiger partial charge in [-0.05, 0) is 48.5 Å². The Morgan fingerprint density at radius 1 is 1.19 bits per heavy atom. The average molecular weight is 507 g/mol. The topological polar surface area (TPSA) is 91.3 Å². The number of rotatable bonds is 5. The number of fused-ring (bicyclic) bond motifs is 2. The van der Waals surface area contributed by atoms with Crippen molar-refractivity contribution in [1.82, 2.24) is 0 Å². The molecule has 3 aliphatic carbocycles. The Balaban J connectivity index is 1.55. The van der Waals surface area contributed by atoms with Gasteiger partial charge in [0.15, 0.2) is 5.78 Å². The number of esters is 1. The Labute approximate surface area is 217 Å². The largest absolute Gasteiger partial charge is 0.461 e. The summed E-state index contributed by atoms with van der Waals surface area (Å²) < 4.78 is 26.0. The van der Waals surface area contributed by atoms with E-state index in [-0.39, 0.29) is 30.6 Å². The molecule has 0 unspecified atom stereocenters. The normalized spacial score (nSPS) is 43.4. The Hall–Kier alpha value is -2.58. The van der Waals surface area contributed by atoms with Crippen molar-refractivity contribution in [3.8, 4) is 0 Å². The quantitative estimate of drug-likeness (QED) is 0.480. The van der Waals surface area contributed by atoms with Gasteiger partial charge in [-0.2, -0.15) is 0 Å². The highest BCUT2D eigenvalue weighted by atomic mass is 16.9. The first-order chi connectivity index (χ1) is 17.5. The third kappa shape index (κ3) is 3.27. The molecule has 0 radical (unpaired) electrons. The number of Topliss-reactive ketones (excluding diaryl/α,β-unsaturated/α-hetero) is 1. The van der Waals surface area contributed by atoms with E-state index in [0.29, 0.717) is 24.0 Å². The van der Waals surface area contributed by atoms with Gasteiger partial charge in [-0.3, -0.25) is 9.59 Å². The zero-order valence-electron chi connectivity index (χ0n) is 21.8. The molecule has 0 aromatic heterocycles. The van der Waals surface area contributed by atoms with E-state index in [2.05, 4.69) is 13.5 Å². The van der Waals surface area contributed by atoms with E-state index in [1.807, 2.05) is 49.4 Å². The van der Waals surface area contributed by atoms with Gasteiger partial charge in [-0.25, -0.2) is 0 Å². The second kappa shape index (κ2) is 7.96. The molecule has 1 N–H and O–H groups in total. The van der Waals surface area contributed by atoms with Crippen molar-refractivity contribution in [3.05, 3.63) is 71.3 Å². The van der Waals surface area contributed by atoms with E-state index in [1.165, 1.54) is 6.92 Å². The molecule has 3 fully saturated rings. The van der Waals surface area contributed by atoms with Crippen LogP contribution in [-0.2, 0) is 35.0 Å². The molecule has 2 saturated heterocycles. The lowest BCUT2D eigenvalue weighted by Gasteiger charge is -2.59. The summed E-state index contributed by atoms with van der Waals surface area (Å²) in [6.45, 7) is 11.4. The predicted molar refractivity (Wildman–Crippen MR) is 134 cm³/mol. The summed E-state index contributed by atoms with van der Waals surface area (Å²) in [6.07, 6.45) is 4.44. The van der Waals surface area contributed by atoms with E-state index in [0.717, 1.165) is 11.1 Å². The molecule has 1 saturated carbocycles. The van der Waals surface area contributed by atoms with Crippen LogP contribution in [0.5, 0.6) is 0 Å². The van der Waals surface area contributed by atoms with Crippen LogP contribution in [0.4, 0.5) is 0 Å². The van der Waals surface area contributed by atoms with Crippen LogP contribution in [-0.4, -0.2) is 52.3 Å². The van der Waals surface area contributed by atoms with Gasteiger partial charge >= 0.3 is 5.97 Å². The van der Waals surface area contributed by atoms with Crippen molar-refractivity contribution in [3.63, 3.8) is 0 Å². The summed E-state index contributed by atoms with van der Waals surface area (Å²) in [5.41, 5.74) is -0.469. The van der Waals surface area contributed by atoms with Crippen LogP contribution >= 0.6 is 0 Å². The van der Waals surface area contributed by atoms with Crippen LogP contribution in [0, 0.1) is 17.8 Å². The van der Waals surface area contributed by atoms with Gasteiger partial charge in [0.25, 0.3) is 5.97 Å². The first-order valence-electron chi connectivity index (χ1n) is 13.0. The Bertz CT molecular complexity index is 1250. The monoisotopic (exact) mass is 506 g/mol. The molecule has 8 atom stereocenters. The average Bonchev–Trinajstić information content (AvgIpc) is 3.14. The lowest BCUT2D eigenvalue weighted by molar-refractivity contribution is -0.421. The molecule has 196 valence electrons. The fourth-order valence-electron chi connectivity index (χ4n) is 7.68. The van der Waals surface area contributed by atoms with Gasteiger partial charge < -0.3 is 24.1 Å². The van der Waals surface area contributed by atoms with Crippen molar-refractivity contribution in [1.29, 1.82) is 0 Å². The van der Waals surface area contributed by atoms with Crippen molar-refractivity contribution < 1.29 is 33.6 Å². The third-order valence-corrected chi connectivity index (χ3v) is 9.19. The second-order valence-corrected chi connectivity index (χ2v) is 11.6. The maximum atomic E-state index is 13.5. The molecule has 6 rings (SSSR count). The summed E-state index contributed by atoms with van der Waals surface area (Å²) in [4.78, 5) is 25.2. The van der Waals surface area contributed by atoms with Crippen LogP contribution < -0.4 is 0 Å². The number of ether oxygens (including phenoxy) is 4. The lowest BCUT2D eigenvalue weighted by Crippen LogP contribution is -2.70. The van der Waals surface area contributed by atoms with Gasteiger partial charge in [0, 0.05) is 25.2 Å². The summed E-state index contributed by atoms with van der Waals surface area (Å²) in [5.74, 6) is -3.22. The van der Waals surface area contributed by atoms with Gasteiger partial charge in [-0.1, -0.05) is 56.0 Å². The fourth-order valence-corrected chi connectivity index (χ4v) is 7.68. The smallest absolute Gasteiger partial charge is 0.302 e. The lowest BCUT2D eigenvalue weighted by atomic mass is 9.55. The van der Waals surface area contributed by atoms with Gasteiger partial charge in [-0.15, -0.1) is 0 Å². The summed E-state index contributed by atoms with van der Waals surface area (Å²) in [5, 5.41) is 12.1. The van der Waals surface area contributed by atoms with Crippen LogP contribution in [0.1, 0.15) is 46.1 Å². The molecule has 0 spiro atoms. The Morgan fingerprint density at radius 2 is 1.92 bits per heavy atom. The van der Waals surface area contributed by atoms with Gasteiger partial charge in [0.05, 0.1) is 12.0 Å². The second-order valence-electron chi connectivity index (χ2n) is 11.6. The van der Waals surface area contributed by atoms with Crippen molar-refractivity contribution in [2.24, 2.45) is 17.8 Å². The Kier molecular flexibility index (Phi) is 5.32. The molecule has 2 aliphatic heterocycles. The molecule has 2 heterocycles. The molecule has 3 bridgehead atoms. The molecular formula is C30H34O7. The van der Waals surface area contributed by atoms with E-state index in [1.54, 1.807) is 6.92 Å². The Morgan fingerprint density at radius 3 is 2.59 bits per heavy atom. The van der Waals surface area contributed by atoms with Gasteiger partial charge in [0.1, 0.15) is 23.9 Å². The molecular weight excluding hydrogens is 472 g/mol. The van der Waals surface area contributed by atoms with Crippen LogP contribution in [0.2, 0.25) is 0 Å². The minimum atomic E-state index is -1.72. The number of carbonyl (C=O) groups is 2. The third-order valence-electron chi connectivity index (χ3n) is 9.19. The molecule has 37 heavy (non-hydrogen) atoms. The number of aliphatic hydroxyl groups is 1. The number of carbonyl (C=O) groups excluding carboxylic acids is 2. The first kappa shape index (κ1) is 24.7. The molecule has 7 heteroatoms. The summed E-state index contributed by atoms with van der Waals surface area (Å²) in [6, 6.07) is 9.89. The zero-order chi connectivity index (χ0) is 26.4. The molecule has 5 aliphatic rings. The number of hydrogen-bond acceptors (Lipinski definition) is 7. The number of hydrogen-bond donors (Lipinski definition) is 1. The zero-order valence-corrected chi connectivity index (χ0v) is 21.8. The first-order valence-corrected chi connectivity index (χ1v) is 13.0. The van der Waals surface area contributed by atoms with Gasteiger partial charge in [0.2, 0.25) is 0 Å². The van der Waals surface area contributed by atoms with E-state index in [9.17, 15) is 14.7 Å². The number of benzene rings is 1. The molecule has 7 nitrogen and oxygen atoms in total.